The van der Waals surface area contributed by atoms with E-state index in [1.807, 2.05) is 43.4 Å². The average molecular weight is 417 g/mol. The number of carbonyl (C=O) groups excluding carboxylic acids is 1. The highest BCUT2D eigenvalue weighted by atomic mass is 79.9. The Morgan fingerprint density at radius 2 is 1.88 bits per heavy atom. The van der Waals surface area contributed by atoms with Crippen molar-refractivity contribution >= 4 is 27.8 Å². The first-order chi connectivity index (χ1) is 12.5. The molecule has 0 radical (unpaired) electrons. The summed E-state index contributed by atoms with van der Waals surface area (Å²) in [5.41, 5.74) is 3.02. The van der Waals surface area contributed by atoms with Gasteiger partial charge in [0.2, 0.25) is 0 Å². The van der Waals surface area contributed by atoms with E-state index in [-0.39, 0.29) is 5.91 Å². The molecule has 26 heavy (non-hydrogen) atoms. The minimum absolute atomic E-state index is 0.0650. The highest BCUT2D eigenvalue weighted by Crippen LogP contribution is 2.12. The van der Waals surface area contributed by atoms with Crippen LogP contribution in [-0.4, -0.2) is 44.5 Å². The Balaban J connectivity index is 1.88. The van der Waals surface area contributed by atoms with E-state index in [9.17, 15) is 4.79 Å². The van der Waals surface area contributed by atoms with Crippen LogP contribution in [0.1, 0.15) is 21.5 Å². The lowest BCUT2D eigenvalue weighted by Crippen LogP contribution is -2.39. The monoisotopic (exact) mass is 416 g/mol. The van der Waals surface area contributed by atoms with Crippen LogP contribution in [0.4, 0.5) is 0 Å². The van der Waals surface area contributed by atoms with Crippen LogP contribution in [-0.2, 0) is 13.0 Å². The molecule has 0 aromatic heterocycles. The molecule has 0 heterocycles. The predicted molar refractivity (Wildman–Crippen MR) is 111 cm³/mol. The summed E-state index contributed by atoms with van der Waals surface area (Å²) in [5, 5.41) is 6.03. The summed E-state index contributed by atoms with van der Waals surface area (Å²) in [7, 11) is 5.44. The molecular weight excluding hydrogens is 392 g/mol. The summed E-state index contributed by atoms with van der Waals surface area (Å²) in [4.78, 5) is 18.2. The molecule has 0 spiro atoms. The van der Waals surface area contributed by atoms with Gasteiger partial charge < -0.3 is 15.5 Å². The first-order valence-electron chi connectivity index (χ1n) is 8.50. The van der Waals surface area contributed by atoms with Gasteiger partial charge in [-0.2, -0.15) is 0 Å². The van der Waals surface area contributed by atoms with Crippen molar-refractivity contribution in [2.45, 2.75) is 13.0 Å². The lowest BCUT2D eigenvalue weighted by Gasteiger charge is -2.22. The zero-order valence-electron chi connectivity index (χ0n) is 15.4. The Morgan fingerprint density at radius 1 is 1.15 bits per heavy atom. The standard InChI is InChI=1S/C20H25BrN4O/c1-22-19(26)17-6-4-5-15(13-17)11-12-24-20(23-2)25(3)14-16-7-9-18(21)10-8-16/h4-10,13H,11-12,14H2,1-3H3,(H,22,26)(H,23,24). The number of rotatable bonds is 6. The summed E-state index contributed by atoms with van der Waals surface area (Å²) in [5.74, 6) is 0.778. The van der Waals surface area contributed by atoms with Gasteiger partial charge in [-0.05, 0) is 41.8 Å². The fourth-order valence-corrected chi connectivity index (χ4v) is 2.92. The lowest BCUT2D eigenvalue weighted by atomic mass is 10.1. The molecule has 138 valence electrons. The quantitative estimate of drug-likeness (QED) is 0.561. The number of guanidine groups is 1. The number of hydrogen-bond acceptors (Lipinski definition) is 2. The van der Waals surface area contributed by atoms with Gasteiger partial charge in [-0.3, -0.25) is 9.79 Å². The number of nitrogens with one attached hydrogen (secondary N) is 2. The highest BCUT2D eigenvalue weighted by Gasteiger charge is 2.07. The molecule has 0 bridgehead atoms. The van der Waals surface area contributed by atoms with Gasteiger partial charge in [-0.25, -0.2) is 0 Å². The minimum Gasteiger partial charge on any atom is -0.356 e. The number of nitrogens with zero attached hydrogens (tertiary/aromatic N) is 2. The maximum absolute atomic E-state index is 11.7. The Morgan fingerprint density at radius 3 is 2.54 bits per heavy atom. The van der Waals surface area contributed by atoms with Gasteiger partial charge in [0.05, 0.1) is 0 Å². The molecule has 0 saturated heterocycles. The molecular formula is C20H25BrN4O. The van der Waals surface area contributed by atoms with Crippen LogP contribution in [0, 0.1) is 0 Å². The summed E-state index contributed by atoms with van der Waals surface area (Å²) >= 11 is 3.45. The number of carbonyl (C=O) groups is 1. The van der Waals surface area contributed by atoms with E-state index in [0.29, 0.717) is 5.56 Å². The summed E-state index contributed by atoms with van der Waals surface area (Å²) in [6, 6.07) is 16.0. The third kappa shape index (κ3) is 5.88. The third-order valence-electron chi connectivity index (χ3n) is 4.02. The van der Waals surface area contributed by atoms with Crippen LogP contribution < -0.4 is 10.6 Å². The SMILES string of the molecule is CN=C(NCCc1cccc(C(=O)NC)c1)N(C)Cc1ccc(Br)cc1. The van der Waals surface area contributed by atoms with E-state index in [0.717, 1.165) is 35.5 Å². The Bertz CT molecular complexity index is 759. The first-order valence-corrected chi connectivity index (χ1v) is 9.30. The van der Waals surface area contributed by atoms with Crippen molar-refractivity contribution in [2.75, 3.05) is 27.7 Å². The summed E-state index contributed by atoms with van der Waals surface area (Å²) in [6.07, 6.45) is 0.815. The lowest BCUT2D eigenvalue weighted by molar-refractivity contribution is 0.0963. The third-order valence-corrected chi connectivity index (χ3v) is 4.55. The summed E-state index contributed by atoms with van der Waals surface area (Å²) in [6.45, 7) is 1.52. The normalized spacial score (nSPS) is 11.2. The molecule has 1 amide bonds. The largest absolute Gasteiger partial charge is 0.356 e. The Hall–Kier alpha value is -2.34. The number of benzene rings is 2. The van der Waals surface area contributed by atoms with Gasteiger partial charge in [-0.15, -0.1) is 0 Å². The van der Waals surface area contributed by atoms with Crippen molar-refractivity contribution in [3.8, 4) is 0 Å². The molecule has 0 fully saturated rings. The molecule has 2 rings (SSSR count). The van der Waals surface area contributed by atoms with E-state index < -0.39 is 0 Å². The van der Waals surface area contributed by atoms with Crippen molar-refractivity contribution in [2.24, 2.45) is 4.99 Å². The van der Waals surface area contributed by atoms with E-state index >= 15 is 0 Å². The predicted octanol–water partition coefficient (Wildman–Crippen LogP) is 3.06. The number of amides is 1. The second-order valence-corrected chi connectivity index (χ2v) is 6.90. The molecule has 2 aromatic rings. The molecule has 0 aliphatic heterocycles. The molecule has 0 unspecified atom stereocenters. The van der Waals surface area contributed by atoms with Crippen LogP contribution in [0.5, 0.6) is 0 Å². The number of halogens is 1. The van der Waals surface area contributed by atoms with Crippen molar-refractivity contribution < 1.29 is 4.79 Å². The molecule has 0 aliphatic rings. The van der Waals surface area contributed by atoms with Crippen LogP contribution in [0.3, 0.4) is 0 Å². The zero-order chi connectivity index (χ0) is 18.9. The van der Waals surface area contributed by atoms with Gasteiger partial charge in [0.25, 0.3) is 5.91 Å². The maximum Gasteiger partial charge on any atom is 0.251 e. The van der Waals surface area contributed by atoms with Crippen molar-refractivity contribution in [3.63, 3.8) is 0 Å². The zero-order valence-corrected chi connectivity index (χ0v) is 17.0. The van der Waals surface area contributed by atoms with Gasteiger partial charge in [-0.1, -0.05) is 40.2 Å². The molecule has 2 N–H and O–H groups in total. The van der Waals surface area contributed by atoms with Gasteiger partial charge in [0.15, 0.2) is 5.96 Å². The van der Waals surface area contributed by atoms with Crippen LogP contribution in [0.15, 0.2) is 58.0 Å². The van der Waals surface area contributed by atoms with E-state index in [1.165, 1.54) is 5.56 Å². The molecule has 5 nitrogen and oxygen atoms in total. The Labute approximate surface area is 163 Å². The fraction of sp³-hybridized carbons (Fsp3) is 0.300. The smallest absolute Gasteiger partial charge is 0.251 e. The molecule has 0 aliphatic carbocycles. The minimum atomic E-state index is -0.0650. The topological polar surface area (TPSA) is 56.7 Å². The highest BCUT2D eigenvalue weighted by molar-refractivity contribution is 9.10. The number of aliphatic imine (C=N–C) groups is 1. The number of hydrogen-bond donors (Lipinski definition) is 2. The van der Waals surface area contributed by atoms with Crippen LogP contribution in [0.2, 0.25) is 0 Å². The van der Waals surface area contributed by atoms with Crippen molar-refractivity contribution in [1.82, 2.24) is 15.5 Å². The van der Waals surface area contributed by atoms with Crippen LogP contribution >= 0.6 is 15.9 Å². The van der Waals surface area contributed by atoms with Crippen molar-refractivity contribution in [1.29, 1.82) is 0 Å². The van der Waals surface area contributed by atoms with Crippen molar-refractivity contribution in [3.05, 3.63) is 69.7 Å². The van der Waals surface area contributed by atoms with Crippen LogP contribution in [0.25, 0.3) is 0 Å². The average Bonchev–Trinajstić information content (AvgIpc) is 2.66. The van der Waals surface area contributed by atoms with E-state index in [1.54, 1.807) is 14.1 Å². The molecule has 6 heteroatoms. The van der Waals surface area contributed by atoms with E-state index in [4.69, 9.17) is 0 Å². The second kappa shape index (κ2) is 9.97. The molecule has 2 aromatic carbocycles. The van der Waals surface area contributed by atoms with Gasteiger partial charge >= 0.3 is 0 Å². The summed E-state index contributed by atoms with van der Waals surface area (Å²) < 4.78 is 1.07. The van der Waals surface area contributed by atoms with Gasteiger partial charge in [0, 0.05) is 44.3 Å². The molecule has 0 atom stereocenters. The Kier molecular flexibility index (Phi) is 7.66. The molecule has 0 saturated carbocycles. The maximum atomic E-state index is 11.7. The van der Waals surface area contributed by atoms with Gasteiger partial charge in [0.1, 0.15) is 0 Å². The fourth-order valence-electron chi connectivity index (χ4n) is 2.65. The first kappa shape index (κ1) is 20.0. The second-order valence-electron chi connectivity index (χ2n) is 5.99. The van der Waals surface area contributed by atoms with E-state index in [2.05, 4.69) is 48.6 Å².